The molecule has 118 valence electrons. The maximum atomic E-state index is 12.7. The lowest BCUT2D eigenvalue weighted by atomic mass is 10.0. The monoisotopic (exact) mass is 321 g/mol. The van der Waals surface area contributed by atoms with Gasteiger partial charge >= 0.3 is 6.18 Å². The number of alkyl halides is 3. The van der Waals surface area contributed by atoms with Crippen LogP contribution in [-0.4, -0.2) is 24.8 Å². The molecule has 0 bridgehead atoms. The highest BCUT2D eigenvalue weighted by Crippen LogP contribution is 2.33. The van der Waals surface area contributed by atoms with E-state index < -0.39 is 21.8 Å². The molecule has 0 saturated carbocycles. The van der Waals surface area contributed by atoms with E-state index >= 15 is 0 Å². The van der Waals surface area contributed by atoms with Crippen LogP contribution in [0.2, 0.25) is 0 Å². The Morgan fingerprint density at radius 1 is 1.14 bits per heavy atom. The third-order valence-corrected chi connectivity index (χ3v) is 5.97. The van der Waals surface area contributed by atoms with Gasteiger partial charge in [0.1, 0.15) is 0 Å². The maximum Gasteiger partial charge on any atom is 0.416 e. The van der Waals surface area contributed by atoms with Crippen LogP contribution < -0.4 is 0 Å². The number of piperidine rings is 1. The lowest BCUT2D eigenvalue weighted by Crippen LogP contribution is -2.47. The Morgan fingerprint density at radius 3 is 2.24 bits per heavy atom. The zero-order chi connectivity index (χ0) is 15.8. The van der Waals surface area contributed by atoms with Crippen molar-refractivity contribution in [1.29, 1.82) is 0 Å². The van der Waals surface area contributed by atoms with Gasteiger partial charge < -0.3 is 0 Å². The van der Waals surface area contributed by atoms with E-state index in [4.69, 9.17) is 0 Å². The molecular formula is C14H18F3NO2S. The lowest BCUT2D eigenvalue weighted by molar-refractivity contribution is -0.137. The molecule has 0 radical (unpaired) electrons. The van der Waals surface area contributed by atoms with Gasteiger partial charge in [0.25, 0.3) is 0 Å². The number of sulfonamides is 1. The van der Waals surface area contributed by atoms with Crippen LogP contribution in [0.3, 0.4) is 0 Å². The standard InChI is InChI=1S/C14H18F3NO2S/c1-10-5-3-6-11(2)18(10)21(19,20)13-8-4-7-12(9-13)14(15,16)17/h4,7-11H,3,5-6H2,1-2H3/t10-,11-/m1/s1. The predicted octanol–water partition coefficient (Wildman–Crippen LogP) is 3.66. The zero-order valence-electron chi connectivity index (χ0n) is 11.9. The Labute approximate surface area is 122 Å². The summed E-state index contributed by atoms with van der Waals surface area (Å²) in [5.41, 5.74) is -0.944. The molecule has 3 nitrogen and oxygen atoms in total. The molecule has 0 N–H and O–H groups in total. The minimum Gasteiger partial charge on any atom is -0.207 e. The molecule has 1 aliphatic rings. The van der Waals surface area contributed by atoms with E-state index in [2.05, 4.69) is 0 Å². The lowest BCUT2D eigenvalue weighted by Gasteiger charge is -2.37. The molecule has 0 aliphatic carbocycles. The molecule has 0 unspecified atom stereocenters. The highest BCUT2D eigenvalue weighted by molar-refractivity contribution is 7.89. The number of benzene rings is 1. The first kappa shape index (κ1) is 16.3. The highest BCUT2D eigenvalue weighted by atomic mass is 32.2. The summed E-state index contributed by atoms with van der Waals surface area (Å²) >= 11 is 0. The maximum absolute atomic E-state index is 12.7. The van der Waals surface area contributed by atoms with E-state index in [-0.39, 0.29) is 17.0 Å². The summed E-state index contributed by atoms with van der Waals surface area (Å²) in [6.07, 6.45) is -2.17. The van der Waals surface area contributed by atoms with Crippen LogP contribution in [0.4, 0.5) is 13.2 Å². The molecule has 0 aromatic heterocycles. The third kappa shape index (κ3) is 3.23. The molecule has 1 heterocycles. The van der Waals surface area contributed by atoms with E-state index in [1.165, 1.54) is 10.4 Å². The van der Waals surface area contributed by atoms with Crippen molar-refractivity contribution < 1.29 is 21.6 Å². The Hall–Kier alpha value is -1.08. The molecule has 2 atom stereocenters. The molecule has 1 aromatic carbocycles. The summed E-state index contributed by atoms with van der Waals surface area (Å²) in [7, 11) is -3.91. The van der Waals surface area contributed by atoms with Crippen LogP contribution in [0.5, 0.6) is 0 Å². The first-order valence-electron chi connectivity index (χ1n) is 6.85. The Balaban J connectivity index is 2.44. The van der Waals surface area contributed by atoms with Crippen LogP contribution in [0, 0.1) is 0 Å². The molecule has 0 spiro atoms. The van der Waals surface area contributed by atoms with Crippen molar-refractivity contribution in [2.24, 2.45) is 0 Å². The first-order valence-corrected chi connectivity index (χ1v) is 8.29. The number of hydrogen-bond acceptors (Lipinski definition) is 2. The molecule has 2 rings (SSSR count). The van der Waals surface area contributed by atoms with Crippen molar-refractivity contribution in [2.45, 2.75) is 56.3 Å². The van der Waals surface area contributed by atoms with Gasteiger partial charge in [-0.15, -0.1) is 0 Å². The molecule has 7 heteroatoms. The second kappa shape index (κ2) is 5.61. The second-order valence-corrected chi connectivity index (χ2v) is 7.33. The number of rotatable bonds is 2. The number of hydrogen-bond donors (Lipinski definition) is 0. The van der Waals surface area contributed by atoms with Gasteiger partial charge in [0.2, 0.25) is 10.0 Å². The smallest absolute Gasteiger partial charge is 0.207 e. The zero-order valence-corrected chi connectivity index (χ0v) is 12.7. The fraction of sp³-hybridized carbons (Fsp3) is 0.571. The summed E-state index contributed by atoms with van der Waals surface area (Å²) in [5.74, 6) is 0. The van der Waals surface area contributed by atoms with E-state index in [1.807, 2.05) is 0 Å². The van der Waals surface area contributed by atoms with Crippen molar-refractivity contribution >= 4 is 10.0 Å². The van der Waals surface area contributed by atoms with Crippen LogP contribution >= 0.6 is 0 Å². The SMILES string of the molecule is C[C@@H]1CCC[C@@H](C)N1S(=O)(=O)c1cccc(C(F)(F)F)c1. The van der Waals surface area contributed by atoms with Gasteiger partial charge in [0.15, 0.2) is 0 Å². The van der Waals surface area contributed by atoms with Crippen molar-refractivity contribution in [1.82, 2.24) is 4.31 Å². The Bertz CT molecular complexity index is 603. The normalized spacial score (nSPS) is 25.0. The van der Waals surface area contributed by atoms with Gasteiger partial charge in [-0.25, -0.2) is 8.42 Å². The minimum atomic E-state index is -4.55. The van der Waals surface area contributed by atoms with Gasteiger partial charge in [0, 0.05) is 12.1 Å². The van der Waals surface area contributed by atoms with Gasteiger partial charge in [-0.1, -0.05) is 12.5 Å². The van der Waals surface area contributed by atoms with Crippen LogP contribution in [-0.2, 0) is 16.2 Å². The van der Waals surface area contributed by atoms with E-state index in [0.717, 1.165) is 31.4 Å². The average molecular weight is 321 g/mol. The average Bonchev–Trinajstić information content (AvgIpc) is 2.37. The summed E-state index contributed by atoms with van der Waals surface area (Å²) in [6.45, 7) is 3.58. The number of nitrogens with zero attached hydrogens (tertiary/aromatic N) is 1. The van der Waals surface area contributed by atoms with Crippen molar-refractivity contribution in [3.63, 3.8) is 0 Å². The molecule has 0 amide bonds. The molecular weight excluding hydrogens is 303 g/mol. The van der Waals surface area contributed by atoms with E-state index in [0.29, 0.717) is 6.07 Å². The van der Waals surface area contributed by atoms with Gasteiger partial charge in [-0.2, -0.15) is 17.5 Å². The van der Waals surface area contributed by atoms with Crippen LogP contribution in [0.15, 0.2) is 29.2 Å². The molecule has 1 aromatic rings. The van der Waals surface area contributed by atoms with Gasteiger partial charge in [-0.3, -0.25) is 0 Å². The fourth-order valence-electron chi connectivity index (χ4n) is 2.83. The summed E-state index contributed by atoms with van der Waals surface area (Å²) in [6, 6.07) is 3.54. The van der Waals surface area contributed by atoms with Gasteiger partial charge in [-0.05, 0) is 44.9 Å². The minimum absolute atomic E-state index is 0.201. The van der Waals surface area contributed by atoms with Gasteiger partial charge in [0.05, 0.1) is 10.5 Å². The third-order valence-electron chi connectivity index (χ3n) is 3.85. The summed E-state index contributed by atoms with van der Waals surface area (Å²) in [5, 5.41) is 0. The van der Waals surface area contributed by atoms with Crippen molar-refractivity contribution in [2.75, 3.05) is 0 Å². The number of halogens is 3. The van der Waals surface area contributed by atoms with E-state index in [1.54, 1.807) is 13.8 Å². The van der Waals surface area contributed by atoms with E-state index in [9.17, 15) is 21.6 Å². The molecule has 21 heavy (non-hydrogen) atoms. The summed E-state index contributed by atoms with van der Waals surface area (Å²) in [4.78, 5) is -0.294. The molecule has 1 saturated heterocycles. The largest absolute Gasteiger partial charge is 0.416 e. The first-order chi connectivity index (χ1) is 9.64. The molecule has 1 aliphatic heterocycles. The summed E-state index contributed by atoms with van der Waals surface area (Å²) < 4.78 is 64.9. The van der Waals surface area contributed by atoms with Crippen LogP contribution in [0.25, 0.3) is 0 Å². The second-order valence-electron chi connectivity index (χ2n) is 5.49. The topological polar surface area (TPSA) is 37.4 Å². The fourth-order valence-corrected chi connectivity index (χ4v) is 4.75. The quantitative estimate of drug-likeness (QED) is 0.834. The Morgan fingerprint density at radius 2 is 1.71 bits per heavy atom. The highest BCUT2D eigenvalue weighted by Gasteiger charge is 2.37. The molecule has 1 fully saturated rings. The van der Waals surface area contributed by atoms with Crippen molar-refractivity contribution in [3.05, 3.63) is 29.8 Å². The predicted molar refractivity (Wildman–Crippen MR) is 73.2 cm³/mol. The van der Waals surface area contributed by atoms with Crippen molar-refractivity contribution in [3.8, 4) is 0 Å². The Kier molecular flexibility index (Phi) is 4.35. The van der Waals surface area contributed by atoms with Crippen LogP contribution in [0.1, 0.15) is 38.7 Å².